The van der Waals surface area contributed by atoms with Gasteiger partial charge >= 0.3 is 0 Å². The number of morpholine rings is 1. The maximum Gasteiger partial charge on any atom is 0.227 e. The lowest BCUT2D eigenvalue weighted by molar-refractivity contribution is -0.125. The molecule has 31 heavy (non-hydrogen) atoms. The maximum atomic E-state index is 12.7. The summed E-state index contributed by atoms with van der Waals surface area (Å²) < 4.78 is 5.41. The molecular formula is C24H29N3O3S. The fourth-order valence-electron chi connectivity index (χ4n) is 3.98. The number of para-hydroxylation sites is 1. The van der Waals surface area contributed by atoms with Crippen molar-refractivity contribution in [2.45, 2.75) is 30.7 Å². The van der Waals surface area contributed by atoms with Crippen molar-refractivity contribution in [3.63, 3.8) is 0 Å². The normalized spacial score (nSPS) is 17.1. The van der Waals surface area contributed by atoms with E-state index in [2.05, 4.69) is 34.5 Å². The number of nitrogens with one attached hydrogen (secondary N) is 1. The highest BCUT2D eigenvalue weighted by atomic mass is 32.2. The zero-order chi connectivity index (χ0) is 21.6. The first-order valence-corrected chi connectivity index (χ1v) is 11.8. The average Bonchev–Trinajstić information content (AvgIpc) is 2.83. The minimum atomic E-state index is -0.103. The molecule has 6 nitrogen and oxygen atoms in total. The topological polar surface area (TPSA) is 61.9 Å². The zero-order valence-electron chi connectivity index (χ0n) is 17.9. The van der Waals surface area contributed by atoms with Crippen molar-refractivity contribution in [2.75, 3.05) is 48.4 Å². The van der Waals surface area contributed by atoms with Crippen LogP contribution in [0.3, 0.4) is 0 Å². The smallest absolute Gasteiger partial charge is 0.227 e. The molecule has 1 atom stereocenters. The van der Waals surface area contributed by atoms with Gasteiger partial charge in [-0.3, -0.25) is 9.59 Å². The largest absolute Gasteiger partial charge is 0.378 e. The average molecular weight is 440 g/mol. The van der Waals surface area contributed by atoms with E-state index in [1.165, 1.54) is 5.69 Å². The van der Waals surface area contributed by atoms with Gasteiger partial charge in [0.1, 0.15) is 0 Å². The monoisotopic (exact) mass is 439 g/mol. The summed E-state index contributed by atoms with van der Waals surface area (Å²) in [5, 5.41) is 3.03. The van der Waals surface area contributed by atoms with Gasteiger partial charge in [0.15, 0.2) is 0 Å². The molecule has 0 aliphatic carbocycles. The number of carbonyl (C=O) groups excluding carboxylic acids is 2. The lowest BCUT2D eigenvalue weighted by atomic mass is 10.1. The van der Waals surface area contributed by atoms with Crippen molar-refractivity contribution < 1.29 is 14.3 Å². The number of thioether (sulfide) groups is 1. The molecule has 2 aromatic rings. The second-order valence-electron chi connectivity index (χ2n) is 7.84. The van der Waals surface area contributed by atoms with E-state index in [0.29, 0.717) is 6.54 Å². The van der Waals surface area contributed by atoms with Crippen LogP contribution in [0, 0.1) is 0 Å². The fraction of sp³-hybridized carbons (Fsp3) is 0.417. The Morgan fingerprint density at radius 1 is 1.03 bits per heavy atom. The summed E-state index contributed by atoms with van der Waals surface area (Å²) in [6, 6.07) is 16.2. The lowest BCUT2D eigenvalue weighted by Crippen LogP contribution is -2.36. The summed E-state index contributed by atoms with van der Waals surface area (Å²) >= 11 is 1.77. The van der Waals surface area contributed by atoms with E-state index >= 15 is 0 Å². The summed E-state index contributed by atoms with van der Waals surface area (Å²) in [7, 11) is 0. The number of ether oxygens (including phenoxy) is 1. The summed E-state index contributed by atoms with van der Waals surface area (Å²) in [5.74, 6) is 0.787. The first-order chi connectivity index (χ1) is 15.1. The zero-order valence-corrected chi connectivity index (χ0v) is 18.7. The van der Waals surface area contributed by atoms with Crippen LogP contribution in [0.4, 0.5) is 11.4 Å². The van der Waals surface area contributed by atoms with Gasteiger partial charge in [-0.2, -0.15) is 0 Å². The Morgan fingerprint density at radius 3 is 2.55 bits per heavy atom. The Hall–Kier alpha value is -2.51. The van der Waals surface area contributed by atoms with Gasteiger partial charge in [0.2, 0.25) is 11.8 Å². The molecule has 7 heteroatoms. The quantitative estimate of drug-likeness (QED) is 0.745. The van der Waals surface area contributed by atoms with E-state index in [0.717, 1.165) is 48.2 Å². The number of hydrogen-bond donors (Lipinski definition) is 1. The Kier molecular flexibility index (Phi) is 7.14. The van der Waals surface area contributed by atoms with E-state index < -0.39 is 0 Å². The number of benzene rings is 2. The minimum absolute atomic E-state index is 0.00502. The Labute approximate surface area is 187 Å². The molecule has 2 aliphatic rings. The molecule has 2 aromatic carbocycles. The van der Waals surface area contributed by atoms with Gasteiger partial charge in [0.25, 0.3) is 0 Å². The second-order valence-corrected chi connectivity index (χ2v) is 8.98. The fourth-order valence-corrected chi connectivity index (χ4v) is 4.97. The summed E-state index contributed by atoms with van der Waals surface area (Å²) in [6.45, 7) is 5.98. The van der Waals surface area contributed by atoms with Crippen LogP contribution >= 0.6 is 11.8 Å². The standard InChI is InChI=1S/C24H29N3O3S/c1-18(19-6-8-20(9-7-19)26-12-15-30-16-13-26)25-23(28)10-11-24(29)27-14-17-31-22-5-3-2-4-21(22)27/h2-9,18H,10-17H2,1H3,(H,25,28). The minimum Gasteiger partial charge on any atom is -0.378 e. The number of rotatable bonds is 6. The predicted octanol–water partition coefficient (Wildman–Crippen LogP) is 3.62. The number of hydrogen-bond acceptors (Lipinski definition) is 5. The second kappa shape index (κ2) is 10.2. The number of amides is 2. The maximum absolute atomic E-state index is 12.7. The van der Waals surface area contributed by atoms with Gasteiger partial charge in [0, 0.05) is 48.8 Å². The SMILES string of the molecule is CC(NC(=O)CCC(=O)N1CCSc2ccccc21)c1ccc(N2CCOCC2)cc1. The molecule has 1 N–H and O–H groups in total. The third-order valence-electron chi connectivity index (χ3n) is 5.74. The van der Waals surface area contributed by atoms with Crippen LogP contribution in [0.25, 0.3) is 0 Å². The third kappa shape index (κ3) is 5.40. The molecule has 0 radical (unpaired) electrons. The molecule has 2 aliphatic heterocycles. The summed E-state index contributed by atoms with van der Waals surface area (Å²) in [6.07, 6.45) is 0.411. The molecule has 1 unspecified atom stereocenters. The molecule has 1 saturated heterocycles. The highest BCUT2D eigenvalue weighted by Gasteiger charge is 2.23. The van der Waals surface area contributed by atoms with E-state index in [1.54, 1.807) is 11.8 Å². The molecule has 2 heterocycles. The van der Waals surface area contributed by atoms with Crippen LogP contribution < -0.4 is 15.1 Å². The summed E-state index contributed by atoms with van der Waals surface area (Å²) in [5.41, 5.74) is 3.19. The van der Waals surface area contributed by atoms with Gasteiger partial charge < -0.3 is 19.9 Å². The molecule has 4 rings (SSSR count). The molecule has 0 aromatic heterocycles. The molecule has 1 fully saturated rings. The number of nitrogens with zero attached hydrogens (tertiary/aromatic N) is 2. The molecule has 0 bridgehead atoms. The summed E-state index contributed by atoms with van der Waals surface area (Å²) in [4.78, 5) is 30.4. The third-order valence-corrected chi connectivity index (χ3v) is 6.79. The van der Waals surface area contributed by atoms with E-state index in [1.807, 2.05) is 36.1 Å². The number of anilines is 2. The van der Waals surface area contributed by atoms with Crippen LogP contribution in [-0.4, -0.2) is 50.4 Å². The van der Waals surface area contributed by atoms with Gasteiger partial charge in [0.05, 0.1) is 24.9 Å². The van der Waals surface area contributed by atoms with Crippen LogP contribution in [0.15, 0.2) is 53.4 Å². The van der Waals surface area contributed by atoms with Crippen molar-refractivity contribution in [2.24, 2.45) is 0 Å². The van der Waals surface area contributed by atoms with E-state index in [-0.39, 0.29) is 30.7 Å². The van der Waals surface area contributed by atoms with E-state index in [9.17, 15) is 9.59 Å². The van der Waals surface area contributed by atoms with Crippen LogP contribution in [0.2, 0.25) is 0 Å². The predicted molar refractivity (Wildman–Crippen MR) is 125 cm³/mol. The van der Waals surface area contributed by atoms with Crippen molar-refractivity contribution in [1.82, 2.24) is 5.32 Å². The molecule has 0 spiro atoms. The number of fused-ring (bicyclic) bond motifs is 1. The van der Waals surface area contributed by atoms with E-state index in [4.69, 9.17) is 4.74 Å². The van der Waals surface area contributed by atoms with Gasteiger partial charge in [-0.25, -0.2) is 0 Å². The highest BCUT2D eigenvalue weighted by Crippen LogP contribution is 2.34. The first kappa shape index (κ1) is 21.7. The molecule has 2 amide bonds. The Bertz CT molecular complexity index is 913. The van der Waals surface area contributed by atoms with Gasteiger partial charge in [-0.05, 0) is 36.8 Å². The molecule has 164 valence electrons. The number of carbonyl (C=O) groups is 2. The Morgan fingerprint density at radius 2 is 1.77 bits per heavy atom. The van der Waals surface area contributed by atoms with Crippen molar-refractivity contribution in [3.8, 4) is 0 Å². The highest BCUT2D eigenvalue weighted by molar-refractivity contribution is 7.99. The van der Waals surface area contributed by atoms with Crippen molar-refractivity contribution >= 4 is 35.0 Å². The lowest BCUT2D eigenvalue weighted by Gasteiger charge is -2.29. The molecule has 0 saturated carbocycles. The van der Waals surface area contributed by atoms with Crippen LogP contribution in [0.1, 0.15) is 31.4 Å². The molecular weight excluding hydrogens is 410 g/mol. The van der Waals surface area contributed by atoms with Crippen LogP contribution in [0.5, 0.6) is 0 Å². The first-order valence-electron chi connectivity index (χ1n) is 10.9. The van der Waals surface area contributed by atoms with Crippen LogP contribution in [-0.2, 0) is 14.3 Å². The van der Waals surface area contributed by atoms with Crippen molar-refractivity contribution in [1.29, 1.82) is 0 Å². The Balaban J connectivity index is 1.27. The van der Waals surface area contributed by atoms with Gasteiger partial charge in [-0.1, -0.05) is 24.3 Å². The van der Waals surface area contributed by atoms with Gasteiger partial charge in [-0.15, -0.1) is 11.8 Å². The van der Waals surface area contributed by atoms with Crippen molar-refractivity contribution in [3.05, 3.63) is 54.1 Å².